The van der Waals surface area contributed by atoms with Crippen LogP contribution < -0.4 is 0 Å². The van der Waals surface area contributed by atoms with Gasteiger partial charge < -0.3 is 0 Å². The van der Waals surface area contributed by atoms with Gasteiger partial charge in [0.2, 0.25) is 0 Å². The predicted octanol–water partition coefficient (Wildman–Crippen LogP) is 2.99. The van der Waals surface area contributed by atoms with E-state index >= 15 is 0 Å². The van der Waals surface area contributed by atoms with E-state index in [1.807, 2.05) is 0 Å². The Morgan fingerprint density at radius 2 is 2.08 bits per heavy atom. The molecule has 0 fully saturated rings. The summed E-state index contributed by atoms with van der Waals surface area (Å²) in [6, 6.07) is 2.71. The van der Waals surface area contributed by atoms with Crippen molar-refractivity contribution in [1.82, 2.24) is 0 Å². The Kier molecular flexibility index (Phi) is 2.48. The second kappa shape index (κ2) is 3.23. The standard InChI is InChI=1S/C9H8ClFO/c1-5-3-7(10)4-8(11)9(5)6(2)12/h3-4H,1-2H3. The SMILES string of the molecule is CC(=O)c1c(C)cc(Cl)cc1F. The topological polar surface area (TPSA) is 17.1 Å². The Morgan fingerprint density at radius 1 is 1.50 bits per heavy atom. The summed E-state index contributed by atoms with van der Waals surface area (Å²) in [7, 11) is 0. The Bertz CT molecular complexity index is 310. The van der Waals surface area contributed by atoms with Crippen molar-refractivity contribution in [3.63, 3.8) is 0 Å². The summed E-state index contributed by atoms with van der Waals surface area (Å²) in [6.45, 7) is 2.99. The maximum Gasteiger partial charge on any atom is 0.163 e. The Hall–Kier alpha value is -0.890. The van der Waals surface area contributed by atoms with Crippen LogP contribution in [0.25, 0.3) is 0 Å². The third kappa shape index (κ3) is 1.64. The average molecular weight is 187 g/mol. The first-order chi connectivity index (χ1) is 5.52. The first-order valence-corrected chi connectivity index (χ1v) is 3.86. The zero-order valence-corrected chi connectivity index (χ0v) is 7.57. The van der Waals surface area contributed by atoms with E-state index < -0.39 is 5.82 Å². The average Bonchev–Trinajstić information content (AvgIpc) is 1.82. The molecule has 0 saturated carbocycles. The fourth-order valence-corrected chi connectivity index (χ4v) is 1.41. The molecular weight excluding hydrogens is 179 g/mol. The number of aryl methyl sites for hydroxylation is 1. The van der Waals surface area contributed by atoms with Gasteiger partial charge in [0, 0.05) is 5.02 Å². The van der Waals surface area contributed by atoms with Gasteiger partial charge >= 0.3 is 0 Å². The van der Waals surface area contributed by atoms with Crippen LogP contribution in [0.2, 0.25) is 5.02 Å². The second-order valence-corrected chi connectivity index (χ2v) is 3.07. The van der Waals surface area contributed by atoms with Gasteiger partial charge in [-0.25, -0.2) is 4.39 Å². The molecule has 0 amide bonds. The van der Waals surface area contributed by atoms with Crippen molar-refractivity contribution in [2.45, 2.75) is 13.8 Å². The summed E-state index contributed by atoms with van der Waals surface area (Å²) in [4.78, 5) is 10.9. The molecule has 0 aromatic heterocycles. The molecule has 0 N–H and O–H groups in total. The highest BCUT2D eigenvalue weighted by Crippen LogP contribution is 2.19. The number of halogens is 2. The molecule has 0 saturated heterocycles. The highest BCUT2D eigenvalue weighted by atomic mass is 35.5. The molecule has 0 radical (unpaired) electrons. The smallest absolute Gasteiger partial charge is 0.163 e. The fourth-order valence-electron chi connectivity index (χ4n) is 1.15. The minimum absolute atomic E-state index is 0.124. The first kappa shape index (κ1) is 9.20. The van der Waals surface area contributed by atoms with Crippen LogP contribution in [0.5, 0.6) is 0 Å². The lowest BCUT2D eigenvalue weighted by atomic mass is 10.1. The van der Waals surface area contributed by atoms with Crippen LogP contribution in [-0.4, -0.2) is 5.78 Å². The monoisotopic (exact) mass is 186 g/mol. The van der Waals surface area contributed by atoms with Crippen molar-refractivity contribution in [3.05, 3.63) is 34.1 Å². The molecule has 0 aliphatic rings. The molecule has 0 unspecified atom stereocenters. The second-order valence-electron chi connectivity index (χ2n) is 2.64. The molecule has 0 atom stereocenters. The van der Waals surface area contributed by atoms with Crippen LogP contribution in [0, 0.1) is 12.7 Å². The summed E-state index contributed by atoms with van der Waals surface area (Å²) in [5.74, 6) is -0.825. The van der Waals surface area contributed by atoms with Crippen molar-refractivity contribution >= 4 is 17.4 Å². The molecule has 0 bridgehead atoms. The molecule has 1 rings (SSSR count). The number of Topliss-reactive ketones (excluding diaryl/α,β-unsaturated/α-hetero) is 1. The van der Waals surface area contributed by atoms with Gasteiger partial charge in [0.05, 0.1) is 5.56 Å². The molecule has 3 heteroatoms. The van der Waals surface area contributed by atoms with E-state index in [1.165, 1.54) is 6.92 Å². The Balaban J connectivity index is 3.38. The quantitative estimate of drug-likeness (QED) is 0.617. The van der Waals surface area contributed by atoms with Crippen LogP contribution >= 0.6 is 11.6 Å². The van der Waals surface area contributed by atoms with E-state index in [9.17, 15) is 9.18 Å². The molecule has 1 aromatic carbocycles. The maximum atomic E-state index is 13.1. The molecular formula is C9H8ClFO. The first-order valence-electron chi connectivity index (χ1n) is 3.49. The summed E-state index contributed by atoms with van der Waals surface area (Å²) in [5, 5.41) is 0.315. The molecule has 1 nitrogen and oxygen atoms in total. The fraction of sp³-hybridized carbons (Fsp3) is 0.222. The molecule has 1 aromatic rings. The number of rotatable bonds is 1. The van der Waals surface area contributed by atoms with Gasteiger partial charge in [-0.2, -0.15) is 0 Å². The van der Waals surface area contributed by atoms with Crippen molar-refractivity contribution in [2.75, 3.05) is 0 Å². The third-order valence-corrected chi connectivity index (χ3v) is 1.82. The van der Waals surface area contributed by atoms with Gasteiger partial charge in [-0.3, -0.25) is 4.79 Å². The molecule has 0 heterocycles. The number of ketones is 1. The molecule has 0 aliphatic heterocycles. The number of benzene rings is 1. The normalized spacial score (nSPS) is 10.0. The van der Waals surface area contributed by atoms with Crippen molar-refractivity contribution in [2.24, 2.45) is 0 Å². The minimum Gasteiger partial charge on any atom is -0.294 e. The number of carbonyl (C=O) groups is 1. The Labute approximate surface area is 75.2 Å². The molecule has 12 heavy (non-hydrogen) atoms. The third-order valence-electron chi connectivity index (χ3n) is 1.60. The van der Waals surface area contributed by atoms with Gasteiger partial charge in [-0.1, -0.05) is 11.6 Å². The molecule has 0 aliphatic carbocycles. The highest BCUT2D eigenvalue weighted by Gasteiger charge is 2.10. The highest BCUT2D eigenvalue weighted by molar-refractivity contribution is 6.30. The van der Waals surface area contributed by atoms with Crippen LogP contribution in [0.1, 0.15) is 22.8 Å². The van der Waals surface area contributed by atoms with Crippen LogP contribution in [0.15, 0.2) is 12.1 Å². The van der Waals surface area contributed by atoms with Gasteiger partial charge in [-0.15, -0.1) is 0 Å². The van der Waals surface area contributed by atoms with Crippen molar-refractivity contribution < 1.29 is 9.18 Å². The van der Waals surface area contributed by atoms with E-state index in [0.717, 1.165) is 6.07 Å². The van der Waals surface area contributed by atoms with E-state index in [0.29, 0.717) is 10.6 Å². The van der Waals surface area contributed by atoms with Crippen molar-refractivity contribution in [1.29, 1.82) is 0 Å². The van der Waals surface area contributed by atoms with Gasteiger partial charge in [0.1, 0.15) is 5.82 Å². The summed E-state index contributed by atoms with van der Waals surface area (Å²) in [5.41, 5.74) is 0.701. The van der Waals surface area contributed by atoms with Gasteiger partial charge in [-0.05, 0) is 31.5 Å². The molecule has 0 spiro atoms. The Morgan fingerprint density at radius 3 is 2.50 bits per heavy atom. The van der Waals surface area contributed by atoms with Gasteiger partial charge in [0.25, 0.3) is 0 Å². The van der Waals surface area contributed by atoms with Crippen LogP contribution in [-0.2, 0) is 0 Å². The van der Waals surface area contributed by atoms with Crippen LogP contribution in [0.3, 0.4) is 0 Å². The zero-order chi connectivity index (χ0) is 9.30. The van der Waals surface area contributed by atoms with E-state index in [-0.39, 0.29) is 11.3 Å². The largest absolute Gasteiger partial charge is 0.294 e. The number of hydrogen-bond acceptors (Lipinski definition) is 1. The van der Waals surface area contributed by atoms with E-state index in [1.54, 1.807) is 13.0 Å². The molecule has 64 valence electrons. The lowest BCUT2D eigenvalue weighted by molar-refractivity contribution is 0.101. The number of carbonyl (C=O) groups excluding carboxylic acids is 1. The van der Waals surface area contributed by atoms with E-state index in [2.05, 4.69) is 0 Å². The number of hydrogen-bond donors (Lipinski definition) is 0. The lowest BCUT2D eigenvalue weighted by Gasteiger charge is -2.03. The lowest BCUT2D eigenvalue weighted by Crippen LogP contribution is -2.00. The minimum atomic E-state index is -0.549. The summed E-state index contributed by atoms with van der Waals surface area (Å²) >= 11 is 5.58. The van der Waals surface area contributed by atoms with Crippen molar-refractivity contribution in [3.8, 4) is 0 Å². The summed E-state index contributed by atoms with van der Waals surface area (Å²) in [6.07, 6.45) is 0. The van der Waals surface area contributed by atoms with E-state index in [4.69, 9.17) is 11.6 Å². The zero-order valence-electron chi connectivity index (χ0n) is 6.82. The predicted molar refractivity (Wildman–Crippen MR) is 46.2 cm³/mol. The maximum absolute atomic E-state index is 13.1. The van der Waals surface area contributed by atoms with Gasteiger partial charge in [0.15, 0.2) is 5.78 Å². The van der Waals surface area contributed by atoms with Crippen LogP contribution in [0.4, 0.5) is 4.39 Å². The summed E-state index contributed by atoms with van der Waals surface area (Å²) < 4.78 is 13.1.